The number of rotatable bonds is 1. The SMILES string of the molecule is CN1CCCC(c2[nH]c(=O)nc3c2CCN3)C1. The molecular formula is C12H18N4O. The Kier molecular flexibility index (Phi) is 2.63. The van der Waals surface area contributed by atoms with Gasteiger partial charge in [0.05, 0.1) is 0 Å². The highest BCUT2D eigenvalue weighted by Gasteiger charge is 2.26. The fraction of sp³-hybridized carbons (Fsp3) is 0.667. The summed E-state index contributed by atoms with van der Waals surface area (Å²) in [6.07, 6.45) is 3.35. The first-order valence-corrected chi connectivity index (χ1v) is 6.29. The topological polar surface area (TPSA) is 61.0 Å². The lowest BCUT2D eigenvalue weighted by Gasteiger charge is -2.30. The van der Waals surface area contributed by atoms with Gasteiger partial charge in [-0.25, -0.2) is 4.79 Å². The van der Waals surface area contributed by atoms with Crippen molar-refractivity contribution in [2.24, 2.45) is 0 Å². The van der Waals surface area contributed by atoms with Crippen molar-refractivity contribution in [1.29, 1.82) is 0 Å². The predicted octanol–water partition coefficient (Wildman–Crippen LogP) is 0.547. The summed E-state index contributed by atoms with van der Waals surface area (Å²) in [6, 6.07) is 0. The fourth-order valence-electron chi connectivity index (χ4n) is 2.97. The van der Waals surface area contributed by atoms with Gasteiger partial charge in [-0.1, -0.05) is 0 Å². The number of hydrogen-bond donors (Lipinski definition) is 2. The van der Waals surface area contributed by atoms with Gasteiger partial charge in [0.1, 0.15) is 5.82 Å². The minimum Gasteiger partial charge on any atom is -0.369 e. The molecule has 0 spiro atoms. The third-order valence-electron chi connectivity index (χ3n) is 3.77. The summed E-state index contributed by atoms with van der Waals surface area (Å²) in [4.78, 5) is 20.8. The van der Waals surface area contributed by atoms with Crippen molar-refractivity contribution in [1.82, 2.24) is 14.9 Å². The summed E-state index contributed by atoms with van der Waals surface area (Å²) in [5, 5.41) is 3.19. The Morgan fingerprint density at radius 3 is 3.18 bits per heavy atom. The lowest BCUT2D eigenvalue weighted by Crippen LogP contribution is -2.32. The molecule has 0 aromatic carbocycles. The molecule has 0 saturated carbocycles. The number of aromatic nitrogens is 2. The first kappa shape index (κ1) is 10.8. The number of hydrogen-bond acceptors (Lipinski definition) is 4. The zero-order chi connectivity index (χ0) is 11.8. The van der Waals surface area contributed by atoms with Crippen LogP contribution in [0.5, 0.6) is 0 Å². The van der Waals surface area contributed by atoms with E-state index in [0.29, 0.717) is 5.92 Å². The van der Waals surface area contributed by atoms with Crippen LogP contribution < -0.4 is 11.0 Å². The van der Waals surface area contributed by atoms with Crippen LogP contribution in [0, 0.1) is 0 Å². The van der Waals surface area contributed by atoms with Gasteiger partial charge >= 0.3 is 5.69 Å². The van der Waals surface area contributed by atoms with E-state index in [2.05, 4.69) is 27.2 Å². The number of nitrogens with zero attached hydrogens (tertiary/aromatic N) is 2. The second-order valence-electron chi connectivity index (χ2n) is 5.06. The van der Waals surface area contributed by atoms with Gasteiger partial charge in [0.15, 0.2) is 0 Å². The maximum Gasteiger partial charge on any atom is 0.347 e. The summed E-state index contributed by atoms with van der Waals surface area (Å²) < 4.78 is 0. The van der Waals surface area contributed by atoms with E-state index in [1.165, 1.54) is 12.0 Å². The molecule has 3 rings (SSSR count). The van der Waals surface area contributed by atoms with Crippen LogP contribution in [0.3, 0.4) is 0 Å². The summed E-state index contributed by atoms with van der Waals surface area (Å²) in [7, 11) is 2.14. The molecule has 5 heteroatoms. The van der Waals surface area contributed by atoms with Crippen molar-refractivity contribution in [3.05, 3.63) is 21.7 Å². The summed E-state index contributed by atoms with van der Waals surface area (Å²) in [5.74, 6) is 1.26. The Labute approximate surface area is 100 Å². The largest absolute Gasteiger partial charge is 0.369 e. The van der Waals surface area contributed by atoms with E-state index < -0.39 is 0 Å². The smallest absolute Gasteiger partial charge is 0.347 e. The molecule has 1 unspecified atom stereocenters. The third-order valence-corrected chi connectivity index (χ3v) is 3.77. The Morgan fingerprint density at radius 2 is 2.35 bits per heavy atom. The van der Waals surface area contributed by atoms with Crippen molar-refractivity contribution < 1.29 is 0 Å². The molecule has 2 aliphatic rings. The predicted molar refractivity (Wildman–Crippen MR) is 66.5 cm³/mol. The number of likely N-dealkylation sites (tertiary alicyclic amines) is 1. The van der Waals surface area contributed by atoms with E-state index >= 15 is 0 Å². The Hall–Kier alpha value is -1.36. The molecule has 5 nitrogen and oxygen atoms in total. The number of aromatic amines is 1. The van der Waals surface area contributed by atoms with Crippen LogP contribution >= 0.6 is 0 Å². The lowest BCUT2D eigenvalue weighted by atomic mass is 9.92. The molecule has 17 heavy (non-hydrogen) atoms. The molecule has 1 saturated heterocycles. The number of anilines is 1. The number of likely N-dealkylation sites (N-methyl/N-ethyl adjacent to an activating group) is 1. The number of nitrogens with one attached hydrogen (secondary N) is 2. The number of fused-ring (bicyclic) bond motifs is 1. The van der Waals surface area contributed by atoms with E-state index in [0.717, 1.165) is 44.0 Å². The first-order valence-electron chi connectivity index (χ1n) is 6.29. The molecular weight excluding hydrogens is 216 g/mol. The highest BCUT2D eigenvalue weighted by atomic mass is 16.1. The summed E-state index contributed by atoms with van der Waals surface area (Å²) >= 11 is 0. The van der Waals surface area contributed by atoms with Crippen LogP contribution in [0.25, 0.3) is 0 Å². The van der Waals surface area contributed by atoms with E-state index in [9.17, 15) is 4.79 Å². The average Bonchev–Trinajstić information content (AvgIpc) is 2.75. The maximum absolute atomic E-state index is 11.6. The van der Waals surface area contributed by atoms with Crippen LogP contribution in [0.1, 0.15) is 30.0 Å². The second kappa shape index (κ2) is 4.14. The van der Waals surface area contributed by atoms with Crippen LogP contribution in [0.4, 0.5) is 5.82 Å². The Balaban J connectivity index is 1.99. The number of H-pyrrole nitrogens is 1. The molecule has 92 valence electrons. The molecule has 0 bridgehead atoms. The van der Waals surface area contributed by atoms with Gasteiger partial charge in [-0.3, -0.25) is 0 Å². The van der Waals surface area contributed by atoms with Crippen LogP contribution in [0.2, 0.25) is 0 Å². The van der Waals surface area contributed by atoms with E-state index in [-0.39, 0.29) is 5.69 Å². The van der Waals surface area contributed by atoms with E-state index in [4.69, 9.17) is 0 Å². The highest BCUT2D eigenvalue weighted by Crippen LogP contribution is 2.31. The molecule has 1 fully saturated rings. The lowest BCUT2D eigenvalue weighted by molar-refractivity contribution is 0.247. The summed E-state index contributed by atoms with van der Waals surface area (Å²) in [6.45, 7) is 3.09. The molecule has 0 radical (unpaired) electrons. The van der Waals surface area contributed by atoms with Gasteiger partial charge in [0.2, 0.25) is 0 Å². The molecule has 1 atom stereocenters. The molecule has 2 aliphatic heterocycles. The molecule has 1 aromatic rings. The molecule has 1 aromatic heterocycles. The van der Waals surface area contributed by atoms with Gasteiger partial charge in [-0.15, -0.1) is 0 Å². The normalized spacial score (nSPS) is 24.4. The monoisotopic (exact) mass is 234 g/mol. The minimum absolute atomic E-state index is 0.221. The van der Waals surface area contributed by atoms with Crippen molar-refractivity contribution in [3.8, 4) is 0 Å². The van der Waals surface area contributed by atoms with Crippen molar-refractivity contribution in [3.63, 3.8) is 0 Å². The second-order valence-corrected chi connectivity index (χ2v) is 5.06. The van der Waals surface area contributed by atoms with Gasteiger partial charge in [0.25, 0.3) is 0 Å². The standard InChI is InChI=1S/C12H18N4O/c1-16-6-2-3-8(7-16)10-9-4-5-13-11(9)15-12(17)14-10/h8H,2-7H2,1H3,(H2,13,14,15,17). The molecule has 2 N–H and O–H groups in total. The first-order chi connectivity index (χ1) is 8.24. The minimum atomic E-state index is -0.221. The van der Waals surface area contributed by atoms with Crippen molar-refractivity contribution >= 4 is 5.82 Å². The highest BCUT2D eigenvalue weighted by molar-refractivity contribution is 5.51. The quantitative estimate of drug-likeness (QED) is 0.745. The zero-order valence-corrected chi connectivity index (χ0v) is 10.1. The van der Waals surface area contributed by atoms with Crippen LogP contribution in [-0.4, -0.2) is 41.5 Å². The van der Waals surface area contributed by atoms with E-state index in [1.807, 2.05) is 0 Å². The fourth-order valence-corrected chi connectivity index (χ4v) is 2.97. The third kappa shape index (κ3) is 1.95. The maximum atomic E-state index is 11.6. The van der Waals surface area contributed by atoms with Crippen LogP contribution in [-0.2, 0) is 6.42 Å². The molecule has 3 heterocycles. The van der Waals surface area contributed by atoms with Crippen LogP contribution in [0.15, 0.2) is 4.79 Å². The van der Waals surface area contributed by atoms with Gasteiger partial charge in [-0.2, -0.15) is 4.98 Å². The molecule has 0 aliphatic carbocycles. The van der Waals surface area contributed by atoms with E-state index in [1.54, 1.807) is 0 Å². The average molecular weight is 234 g/mol. The van der Waals surface area contributed by atoms with Gasteiger partial charge < -0.3 is 15.2 Å². The summed E-state index contributed by atoms with van der Waals surface area (Å²) in [5.41, 5.74) is 2.13. The Morgan fingerprint density at radius 1 is 1.47 bits per heavy atom. The Bertz CT molecular complexity index is 482. The van der Waals surface area contributed by atoms with Crippen molar-refractivity contribution in [2.45, 2.75) is 25.2 Å². The molecule has 0 amide bonds. The number of piperidine rings is 1. The van der Waals surface area contributed by atoms with Gasteiger partial charge in [0, 0.05) is 30.3 Å². The zero-order valence-electron chi connectivity index (χ0n) is 10.1. The van der Waals surface area contributed by atoms with Gasteiger partial charge in [-0.05, 0) is 32.9 Å². The van der Waals surface area contributed by atoms with Crippen molar-refractivity contribution in [2.75, 3.05) is 32.0 Å².